The summed E-state index contributed by atoms with van der Waals surface area (Å²) in [5.41, 5.74) is 0.821. The van der Waals surface area contributed by atoms with Crippen molar-refractivity contribution in [1.29, 1.82) is 0 Å². The zero-order valence-electron chi connectivity index (χ0n) is 12.6. The van der Waals surface area contributed by atoms with E-state index in [4.69, 9.17) is 9.26 Å². The molecule has 0 fully saturated rings. The predicted octanol–water partition coefficient (Wildman–Crippen LogP) is 2.57. The largest absolute Gasteiger partial charge is 0.481 e. The molecular formula is C17H14FN3O3. The summed E-state index contributed by atoms with van der Waals surface area (Å²) >= 11 is 0. The summed E-state index contributed by atoms with van der Waals surface area (Å²) in [5, 5.41) is 6.42. The van der Waals surface area contributed by atoms with Crippen molar-refractivity contribution in [2.45, 2.75) is 6.54 Å². The Morgan fingerprint density at radius 3 is 2.67 bits per heavy atom. The standard InChI is InChI=1S/C17H14FN3O3/c18-13-8-4-5-9-14(13)23-11-15(22)19-10-16-20-17(21-24-16)12-6-2-1-3-7-12/h1-9H,10-11H2,(H,19,22). The molecule has 0 aliphatic rings. The van der Waals surface area contributed by atoms with Gasteiger partial charge in [-0.05, 0) is 12.1 Å². The maximum Gasteiger partial charge on any atom is 0.258 e. The van der Waals surface area contributed by atoms with Crippen LogP contribution in [-0.4, -0.2) is 22.7 Å². The van der Waals surface area contributed by atoms with Gasteiger partial charge in [-0.1, -0.05) is 47.6 Å². The molecule has 0 atom stereocenters. The lowest BCUT2D eigenvalue weighted by molar-refractivity contribution is -0.123. The van der Waals surface area contributed by atoms with Crippen LogP contribution in [-0.2, 0) is 11.3 Å². The van der Waals surface area contributed by atoms with Crippen LogP contribution in [0.5, 0.6) is 5.75 Å². The van der Waals surface area contributed by atoms with Crippen LogP contribution in [0.3, 0.4) is 0 Å². The smallest absolute Gasteiger partial charge is 0.258 e. The molecule has 0 bridgehead atoms. The molecule has 1 amide bonds. The first-order valence-electron chi connectivity index (χ1n) is 7.24. The van der Waals surface area contributed by atoms with Gasteiger partial charge in [0, 0.05) is 5.56 Å². The van der Waals surface area contributed by atoms with Crippen molar-refractivity contribution >= 4 is 5.91 Å². The Kier molecular flexibility index (Phi) is 4.81. The molecule has 0 radical (unpaired) electrons. The second-order valence-electron chi connectivity index (χ2n) is 4.87. The van der Waals surface area contributed by atoms with Crippen LogP contribution in [0.15, 0.2) is 59.1 Å². The van der Waals surface area contributed by atoms with Crippen molar-refractivity contribution in [1.82, 2.24) is 15.5 Å². The van der Waals surface area contributed by atoms with Gasteiger partial charge < -0.3 is 14.6 Å². The minimum Gasteiger partial charge on any atom is -0.481 e. The quantitative estimate of drug-likeness (QED) is 0.753. The molecule has 1 N–H and O–H groups in total. The van der Waals surface area contributed by atoms with Crippen LogP contribution < -0.4 is 10.1 Å². The lowest BCUT2D eigenvalue weighted by Gasteiger charge is -2.06. The van der Waals surface area contributed by atoms with E-state index in [0.717, 1.165) is 5.56 Å². The van der Waals surface area contributed by atoms with Gasteiger partial charge in [-0.25, -0.2) is 4.39 Å². The zero-order valence-corrected chi connectivity index (χ0v) is 12.6. The van der Waals surface area contributed by atoms with E-state index in [1.165, 1.54) is 12.1 Å². The second kappa shape index (κ2) is 7.36. The molecule has 7 heteroatoms. The van der Waals surface area contributed by atoms with E-state index in [-0.39, 0.29) is 24.8 Å². The highest BCUT2D eigenvalue weighted by Gasteiger charge is 2.10. The van der Waals surface area contributed by atoms with E-state index in [0.29, 0.717) is 5.82 Å². The molecule has 3 aromatic rings. The molecule has 0 spiro atoms. The van der Waals surface area contributed by atoms with Gasteiger partial charge >= 0.3 is 0 Å². The molecule has 6 nitrogen and oxygen atoms in total. The third-order valence-corrected chi connectivity index (χ3v) is 3.13. The lowest BCUT2D eigenvalue weighted by Crippen LogP contribution is -2.28. The fourth-order valence-corrected chi connectivity index (χ4v) is 1.96. The van der Waals surface area contributed by atoms with Gasteiger partial charge in [0.15, 0.2) is 18.2 Å². The Balaban J connectivity index is 1.50. The SMILES string of the molecule is O=C(COc1ccccc1F)NCc1nc(-c2ccccc2)no1. The number of nitrogens with zero attached hydrogens (tertiary/aromatic N) is 2. The Hall–Kier alpha value is -3.22. The van der Waals surface area contributed by atoms with Crippen molar-refractivity contribution in [3.05, 3.63) is 66.3 Å². The van der Waals surface area contributed by atoms with E-state index in [2.05, 4.69) is 15.5 Å². The summed E-state index contributed by atoms with van der Waals surface area (Å²) in [6, 6.07) is 15.2. The van der Waals surface area contributed by atoms with Crippen LogP contribution in [0.1, 0.15) is 5.89 Å². The topological polar surface area (TPSA) is 77.2 Å². The molecule has 2 aromatic carbocycles. The Morgan fingerprint density at radius 1 is 1.12 bits per heavy atom. The van der Waals surface area contributed by atoms with Crippen molar-refractivity contribution < 1.29 is 18.4 Å². The monoisotopic (exact) mass is 327 g/mol. The molecule has 0 saturated heterocycles. The van der Waals surface area contributed by atoms with Gasteiger partial charge in [-0.3, -0.25) is 4.79 Å². The van der Waals surface area contributed by atoms with Gasteiger partial charge in [0.25, 0.3) is 5.91 Å². The van der Waals surface area contributed by atoms with Gasteiger partial charge in [0.05, 0.1) is 6.54 Å². The molecule has 0 aliphatic carbocycles. The lowest BCUT2D eigenvalue weighted by atomic mass is 10.2. The average Bonchev–Trinajstić information content (AvgIpc) is 3.09. The molecule has 1 heterocycles. The molecular weight excluding hydrogens is 313 g/mol. The normalized spacial score (nSPS) is 10.4. The number of benzene rings is 2. The van der Waals surface area contributed by atoms with Crippen LogP contribution in [0.25, 0.3) is 11.4 Å². The summed E-state index contributed by atoms with van der Waals surface area (Å²) in [6.45, 7) is -0.236. The summed E-state index contributed by atoms with van der Waals surface area (Å²) in [4.78, 5) is 15.9. The summed E-state index contributed by atoms with van der Waals surface area (Å²) < 4.78 is 23.5. The molecule has 0 saturated carbocycles. The maximum absolute atomic E-state index is 13.4. The highest BCUT2D eigenvalue weighted by atomic mass is 19.1. The summed E-state index contributed by atoms with van der Waals surface area (Å²) in [5.74, 6) is -0.195. The highest BCUT2D eigenvalue weighted by Crippen LogP contribution is 2.15. The van der Waals surface area contributed by atoms with Gasteiger partial charge in [-0.15, -0.1) is 0 Å². The maximum atomic E-state index is 13.4. The molecule has 122 valence electrons. The number of hydrogen-bond acceptors (Lipinski definition) is 5. The van der Waals surface area contributed by atoms with E-state index in [9.17, 15) is 9.18 Å². The molecule has 0 unspecified atom stereocenters. The van der Waals surface area contributed by atoms with Gasteiger partial charge in [0.1, 0.15) is 0 Å². The first-order chi connectivity index (χ1) is 11.7. The van der Waals surface area contributed by atoms with Crippen molar-refractivity contribution in [3.63, 3.8) is 0 Å². The number of amides is 1. The Labute approximate surface area is 137 Å². The van der Waals surface area contributed by atoms with Gasteiger partial charge in [-0.2, -0.15) is 4.98 Å². The van der Waals surface area contributed by atoms with E-state index >= 15 is 0 Å². The number of aromatic nitrogens is 2. The first-order valence-corrected chi connectivity index (χ1v) is 7.24. The van der Waals surface area contributed by atoms with Crippen LogP contribution in [0.4, 0.5) is 4.39 Å². The Bertz CT molecular complexity index is 821. The number of rotatable bonds is 6. The summed E-state index contributed by atoms with van der Waals surface area (Å²) in [6.07, 6.45) is 0. The molecule has 0 aliphatic heterocycles. The van der Waals surface area contributed by atoms with Crippen molar-refractivity contribution in [3.8, 4) is 17.1 Å². The third-order valence-electron chi connectivity index (χ3n) is 3.13. The predicted molar refractivity (Wildman–Crippen MR) is 83.5 cm³/mol. The minimum absolute atomic E-state index is 0.0248. The number of para-hydroxylation sites is 1. The number of halogens is 1. The highest BCUT2D eigenvalue weighted by molar-refractivity contribution is 5.77. The van der Waals surface area contributed by atoms with Crippen LogP contribution in [0, 0.1) is 5.82 Å². The first kappa shape index (κ1) is 15.7. The number of hydrogen-bond donors (Lipinski definition) is 1. The van der Waals surface area contributed by atoms with E-state index in [1.807, 2.05) is 30.3 Å². The minimum atomic E-state index is -0.519. The third kappa shape index (κ3) is 3.95. The van der Waals surface area contributed by atoms with Gasteiger partial charge in [0.2, 0.25) is 11.7 Å². The van der Waals surface area contributed by atoms with Crippen LogP contribution in [0.2, 0.25) is 0 Å². The number of carbonyl (C=O) groups excluding carboxylic acids is 1. The van der Waals surface area contributed by atoms with Crippen molar-refractivity contribution in [2.75, 3.05) is 6.61 Å². The fraction of sp³-hybridized carbons (Fsp3) is 0.118. The Morgan fingerprint density at radius 2 is 1.88 bits per heavy atom. The zero-order chi connectivity index (χ0) is 16.8. The van der Waals surface area contributed by atoms with E-state index in [1.54, 1.807) is 12.1 Å². The van der Waals surface area contributed by atoms with Crippen molar-refractivity contribution in [2.24, 2.45) is 0 Å². The molecule has 1 aromatic heterocycles. The van der Waals surface area contributed by atoms with E-state index < -0.39 is 11.7 Å². The molecule has 24 heavy (non-hydrogen) atoms. The summed E-state index contributed by atoms with van der Waals surface area (Å²) in [7, 11) is 0. The second-order valence-corrected chi connectivity index (χ2v) is 4.87. The average molecular weight is 327 g/mol. The molecule has 3 rings (SSSR count). The number of nitrogens with one attached hydrogen (secondary N) is 1. The van der Waals surface area contributed by atoms with Crippen LogP contribution >= 0.6 is 0 Å². The number of carbonyl (C=O) groups is 1. The fourth-order valence-electron chi connectivity index (χ4n) is 1.96. The number of ether oxygens (including phenoxy) is 1.